The van der Waals surface area contributed by atoms with Crippen molar-refractivity contribution in [2.45, 2.75) is 20.0 Å². The van der Waals surface area contributed by atoms with E-state index in [1.807, 2.05) is 31.2 Å². The molecule has 3 nitrogen and oxygen atoms in total. The van der Waals surface area contributed by atoms with Crippen molar-refractivity contribution >= 4 is 26.8 Å². The molecule has 0 saturated carbocycles. The van der Waals surface area contributed by atoms with E-state index in [2.05, 4.69) is 20.9 Å². The number of aromatic nitrogens is 1. The second-order valence-electron chi connectivity index (χ2n) is 4.03. The van der Waals surface area contributed by atoms with Gasteiger partial charge in [0, 0.05) is 5.39 Å². The van der Waals surface area contributed by atoms with Crippen molar-refractivity contribution in [2.75, 3.05) is 0 Å². The van der Waals surface area contributed by atoms with Gasteiger partial charge in [0.15, 0.2) is 5.69 Å². The van der Waals surface area contributed by atoms with Crippen LogP contribution in [0.5, 0.6) is 0 Å². The Bertz CT molecular complexity index is 629. The fraction of sp³-hybridized carbons (Fsp3) is 0.231. The lowest BCUT2D eigenvalue weighted by molar-refractivity contribution is 0.201. The summed E-state index contributed by atoms with van der Waals surface area (Å²) < 4.78 is 0.651. The van der Waals surface area contributed by atoms with Crippen molar-refractivity contribution in [2.24, 2.45) is 0 Å². The second kappa shape index (κ2) is 4.44. The minimum atomic E-state index is -0.556. The Balaban J connectivity index is 2.86. The number of hydrogen-bond donors (Lipinski definition) is 1. The van der Waals surface area contributed by atoms with E-state index < -0.39 is 6.10 Å². The van der Waals surface area contributed by atoms with Gasteiger partial charge in [0.2, 0.25) is 0 Å². The molecular weight excluding hydrogens is 280 g/mol. The Kier molecular flexibility index (Phi) is 3.14. The summed E-state index contributed by atoms with van der Waals surface area (Å²) in [4.78, 5) is 4.28. The molecule has 0 bridgehead atoms. The van der Waals surface area contributed by atoms with Crippen LogP contribution in [-0.2, 0) is 0 Å². The van der Waals surface area contributed by atoms with Crippen LogP contribution in [0.2, 0.25) is 0 Å². The zero-order valence-electron chi connectivity index (χ0n) is 9.53. The highest BCUT2D eigenvalue weighted by atomic mass is 79.9. The quantitative estimate of drug-likeness (QED) is 0.877. The summed E-state index contributed by atoms with van der Waals surface area (Å²) >= 11 is 3.31. The SMILES string of the molecule is Cc1cc(C(C)O)c2cc(Br)c(C#N)nc2c1. The summed E-state index contributed by atoms with van der Waals surface area (Å²) in [7, 11) is 0. The van der Waals surface area contributed by atoms with Crippen molar-refractivity contribution in [3.63, 3.8) is 0 Å². The number of hydrogen-bond acceptors (Lipinski definition) is 3. The number of nitrogens with zero attached hydrogens (tertiary/aromatic N) is 2. The van der Waals surface area contributed by atoms with Crippen molar-refractivity contribution in [1.29, 1.82) is 5.26 Å². The van der Waals surface area contributed by atoms with E-state index in [9.17, 15) is 5.11 Å². The van der Waals surface area contributed by atoms with Crippen LogP contribution in [-0.4, -0.2) is 10.1 Å². The molecule has 0 saturated heterocycles. The normalized spacial score (nSPS) is 12.4. The largest absolute Gasteiger partial charge is 0.389 e. The molecular formula is C13H11BrN2O. The smallest absolute Gasteiger partial charge is 0.155 e. The molecule has 2 aromatic rings. The predicted molar refractivity (Wildman–Crippen MR) is 69.5 cm³/mol. The lowest BCUT2D eigenvalue weighted by Crippen LogP contribution is -1.97. The van der Waals surface area contributed by atoms with Crippen molar-refractivity contribution in [3.05, 3.63) is 39.5 Å². The van der Waals surface area contributed by atoms with Gasteiger partial charge in [-0.2, -0.15) is 5.26 Å². The molecule has 1 aromatic carbocycles. The third kappa shape index (κ3) is 2.17. The summed E-state index contributed by atoms with van der Waals surface area (Å²) in [6, 6.07) is 7.72. The number of pyridine rings is 1. The monoisotopic (exact) mass is 290 g/mol. The zero-order chi connectivity index (χ0) is 12.6. The van der Waals surface area contributed by atoms with E-state index in [0.29, 0.717) is 10.2 Å². The Morgan fingerprint density at radius 1 is 1.41 bits per heavy atom. The Labute approximate surface area is 108 Å². The van der Waals surface area contributed by atoms with Gasteiger partial charge in [-0.25, -0.2) is 4.98 Å². The summed E-state index contributed by atoms with van der Waals surface area (Å²) in [6.07, 6.45) is -0.556. The van der Waals surface area contributed by atoms with Crippen molar-refractivity contribution in [3.8, 4) is 6.07 Å². The van der Waals surface area contributed by atoms with Gasteiger partial charge >= 0.3 is 0 Å². The maximum Gasteiger partial charge on any atom is 0.155 e. The second-order valence-corrected chi connectivity index (χ2v) is 4.88. The van der Waals surface area contributed by atoms with Gasteiger partial charge in [0.25, 0.3) is 0 Å². The molecule has 1 unspecified atom stereocenters. The van der Waals surface area contributed by atoms with Gasteiger partial charge in [-0.3, -0.25) is 0 Å². The number of nitriles is 1. The fourth-order valence-electron chi connectivity index (χ4n) is 1.85. The number of halogens is 1. The number of fused-ring (bicyclic) bond motifs is 1. The summed E-state index contributed by atoms with van der Waals surface area (Å²) in [5.74, 6) is 0. The number of benzene rings is 1. The average Bonchev–Trinajstić information content (AvgIpc) is 2.27. The van der Waals surface area contributed by atoms with E-state index in [1.165, 1.54) is 0 Å². The third-order valence-corrected chi connectivity index (χ3v) is 3.22. The van der Waals surface area contributed by atoms with Gasteiger partial charge < -0.3 is 5.11 Å². The van der Waals surface area contributed by atoms with Crippen molar-refractivity contribution in [1.82, 2.24) is 4.98 Å². The molecule has 0 fully saturated rings. The molecule has 17 heavy (non-hydrogen) atoms. The number of aliphatic hydroxyl groups is 1. The highest BCUT2D eigenvalue weighted by molar-refractivity contribution is 9.10. The maximum absolute atomic E-state index is 9.76. The van der Waals surface area contributed by atoms with Crippen LogP contribution >= 0.6 is 15.9 Å². The van der Waals surface area contributed by atoms with E-state index in [-0.39, 0.29) is 0 Å². The first kappa shape index (κ1) is 12.0. The molecule has 0 amide bonds. The number of aryl methyl sites for hydroxylation is 1. The summed E-state index contributed by atoms with van der Waals surface area (Å²) in [6.45, 7) is 3.67. The molecule has 86 valence electrons. The molecule has 0 aliphatic rings. The first-order valence-electron chi connectivity index (χ1n) is 5.22. The van der Waals surface area contributed by atoms with Crippen LogP contribution in [0.4, 0.5) is 0 Å². The highest BCUT2D eigenvalue weighted by Gasteiger charge is 2.11. The van der Waals surface area contributed by atoms with E-state index in [1.54, 1.807) is 6.92 Å². The van der Waals surface area contributed by atoms with Crippen LogP contribution < -0.4 is 0 Å². The van der Waals surface area contributed by atoms with Gasteiger partial charge in [-0.1, -0.05) is 6.07 Å². The van der Waals surface area contributed by atoms with E-state index >= 15 is 0 Å². The van der Waals surface area contributed by atoms with Crippen LogP contribution in [0.25, 0.3) is 10.9 Å². The van der Waals surface area contributed by atoms with Crippen LogP contribution in [0.15, 0.2) is 22.7 Å². The molecule has 0 aliphatic carbocycles. The Morgan fingerprint density at radius 2 is 2.12 bits per heavy atom. The Hall–Kier alpha value is -1.44. The zero-order valence-corrected chi connectivity index (χ0v) is 11.1. The molecule has 1 aromatic heterocycles. The maximum atomic E-state index is 9.76. The van der Waals surface area contributed by atoms with E-state index in [0.717, 1.165) is 22.0 Å². The predicted octanol–water partition coefficient (Wildman–Crippen LogP) is 3.23. The minimum Gasteiger partial charge on any atom is -0.389 e. The first-order chi connectivity index (χ1) is 8.02. The topological polar surface area (TPSA) is 56.9 Å². The molecule has 2 rings (SSSR count). The van der Waals surface area contributed by atoms with E-state index in [4.69, 9.17) is 5.26 Å². The highest BCUT2D eigenvalue weighted by Crippen LogP contribution is 2.28. The van der Waals surface area contributed by atoms with Crippen LogP contribution in [0.1, 0.15) is 29.8 Å². The van der Waals surface area contributed by atoms with Crippen molar-refractivity contribution < 1.29 is 5.11 Å². The van der Waals surface area contributed by atoms with Gasteiger partial charge in [-0.05, 0) is 53.0 Å². The number of aliphatic hydroxyl groups excluding tert-OH is 1. The molecule has 0 radical (unpaired) electrons. The third-order valence-electron chi connectivity index (χ3n) is 2.62. The molecule has 1 atom stereocenters. The van der Waals surface area contributed by atoms with Crippen LogP contribution in [0, 0.1) is 18.3 Å². The lowest BCUT2D eigenvalue weighted by atomic mass is 10.0. The molecule has 1 N–H and O–H groups in total. The molecule has 0 aliphatic heterocycles. The summed E-state index contributed by atoms with van der Waals surface area (Å²) in [5, 5.41) is 19.6. The summed E-state index contributed by atoms with van der Waals surface area (Å²) in [5.41, 5.74) is 2.95. The average molecular weight is 291 g/mol. The standard InChI is InChI=1S/C13H11BrN2O/c1-7-3-9(8(2)17)10-5-11(14)13(6-15)16-12(10)4-7/h3-5,8,17H,1-2H3. The van der Waals surface area contributed by atoms with Crippen LogP contribution in [0.3, 0.4) is 0 Å². The van der Waals surface area contributed by atoms with Gasteiger partial charge in [0.05, 0.1) is 16.1 Å². The minimum absolute atomic E-state index is 0.361. The molecule has 1 heterocycles. The Morgan fingerprint density at radius 3 is 2.71 bits per heavy atom. The fourth-order valence-corrected chi connectivity index (χ4v) is 2.25. The van der Waals surface area contributed by atoms with Gasteiger partial charge in [0.1, 0.15) is 6.07 Å². The lowest BCUT2D eigenvalue weighted by Gasteiger charge is -2.11. The number of rotatable bonds is 1. The van der Waals surface area contributed by atoms with Gasteiger partial charge in [-0.15, -0.1) is 0 Å². The molecule has 0 spiro atoms. The first-order valence-corrected chi connectivity index (χ1v) is 6.01. The molecule has 4 heteroatoms.